The maximum atomic E-state index is 13.2. The number of allylic oxidation sites excluding steroid dienone is 6. The first-order chi connectivity index (χ1) is 14.6. The molecule has 0 spiro atoms. The molecule has 0 radical (unpaired) electrons. The van der Waals surface area contributed by atoms with Gasteiger partial charge in [0, 0.05) is 37.8 Å². The monoisotopic (exact) mass is 436 g/mol. The molecule has 1 aliphatic heterocycles. The summed E-state index contributed by atoms with van der Waals surface area (Å²) in [6.45, 7) is 7.74. The van der Waals surface area contributed by atoms with Gasteiger partial charge in [0.15, 0.2) is 0 Å². The predicted octanol–water partition coefficient (Wildman–Crippen LogP) is 4.01. The second-order valence-electron chi connectivity index (χ2n) is 8.89. The molecule has 31 heavy (non-hydrogen) atoms. The van der Waals surface area contributed by atoms with Gasteiger partial charge in [-0.2, -0.15) is 13.2 Å². The van der Waals surface area contributed by atoms with E-state index in [-0.39, 0.29) is 30.1 Å². The minimum atomic E-state index is -4.31. The summed E-state index contributed by atoms with van der Waals surface area (Å²) in [4.78, 5) is 2.15. The van der Waals surface area contributed by atoms with Crippen LogP contribution in [0.2, 0.25) is 0 Å². The van der Waals surface area contributed by atoms with E-state index in [2.05, 4.69) is 47.9 Å². The minimum Gasteiger partial charge on any atom is -0.376 e. The molecule has 2 aliphatic carbocycles. The molecule has 3 aliphatic rings. The van der Waals surface area contributed by atoms with Gasteiger partial charge in [0.2, 0.25) is 0 Å². The highest BCUT2D eigenvalue weighted by Gasteiger charge is 2.38. The molecule has 0 aromatic heterocycles. The summed E-state index contributed by atoms with van der Waals surface area (Å²) in [7, 11) is 2.05. The Labute approximate surface area is 183 Å². The van der Waals surface area contributed by atoms with Crippen molar-refractivity contribution in [2.75, 3.05) is 20.1 Å². The van der Waals surface area contributed by atoms with Crippen LogP contribution in [0.1, 0.15) is 33.6 Å². The Kier molecular flexibility index (Phi) is 7.50. The summed E-state index contributed by atoms with van der Waals surface area (Å²) in [5.74, 6) is -0.0873. The van der Waals surface area contributed by atoms with E-state index in [0.29, 0.717) is 6.42 Å². The van der Waals surface area contributed by atoms with E-state index in [1.807, 2.05) is 13.8 Å². The van der Waals surface area contributed by atoms with E-state index < -0.39 is 11.7 Å². The van der Waals surface area contributed by atoms with Crippen LogP contribution in [0.15, 0.2) is 58.9 Å². The molecule has 0 fully saturated rings. The van der Waals surface area contributed by atoms with E-state index in [9.17, 15) is 13.2 Å². The number of likely N-dealkylation sites (N-methyl/N-ethyl adjacent to an activating group) is 1. The van der Waals surface area contributed by atoms with Crippen molar-refractivity contribution in [3.8, 4) is 0 Å². The zero-order valence-corrected chi connectivity index (χ0v) is 18.8. The van der Waals surface area contributed by atoms with Crippen LogP contribution in [-0.2, 0) is 0 Å². The lowest BCUT2D eigenvalue weighted by atomic mass is 9.88. The molecule has 0 saturated heterocycles. The molecule has 5 atom stereocenters. The first kappa shape index (κ1) is 23.8. The summed E-state index contributed by atoms with van der Waals surface area (Å²) in [6.07, 6.45) is 7.66. The number of alkyl halides is 3. The van der Waals surface area contributed by atoms with Crippen LogP contribution in [0, 0.1) is 11.8 Å². The molecule has 4 N–H and O–H groups in total. The third-order valence-electron chi connectivity index (χ3n) is 6.64. The second kappa shape index (κ2) is 9.76. The number of rotatable bonds is 7. The molecule has 3 rings (SSSR count). The Bertz CT molecular complexity index is 806. The maximum absolute atomic E-state index is 13.2. The van der Waals surface area contributed by atoms with Crippen LogP contribution in [-0.4, -0.2) is 49.5 Å². The van der Waals surface area contributed by atoms with Crippen LogP contribution in [0.4, 0.5) is 13.2 Å². The third-order valence-corrected chi connectivity index (χ3v) is 6.64. The molecular weight excluding hydrogens is 401 g/mol. The van der Waals surface area contributed by atoms with E-state index >= 15 is 0 Å². The van der Waals surface area contributed by atoms with Crippen molar-refractivity contribution in [1.82, 2.24) is 15.5 Å². The van der Waals surface area contributed by atoms with Gasteiger partial charge in [0.25, 0.3) is 0 Å². The fourth-order valence-electron chi connectivity index (χ4n) is 4.78. The van der Waals surface area contributed by atoms with Crippen LogP contribution in [0.5, 0.6) is 0 Å². The molecule has 7 heteroatoms. The Morgan fingerprint density at radius 1 is 1.26 bits per heavy atom. The highest BCUT2D eigenvalue weighted by molar-refractivity contribution is 5.48. The zero-order chi connectivity index (χ0) is 22.8. The summed E-state index contributed by atoms with van der Waals surface area (Å²) < 4.78 is 39.5. The SMILES string of the molecule is CCNC(NC(C)C1C=C(C(F)(F)F)C=CC1)C1CC(C2=CN(C)CC=C2)=C(C)C1N. The van der Waals surface area contributed by atoms with Crippen LogP contribution >= 0.6 is 0 Å². The van der Waals surface area contributed by atoms with Gasteiger partial charge in [-0.25, -0.2) is 0 Å². The molecule has 0 bridgehead atoms. The van der Waals surface area contributed by atoms with Crippen molar-refractivity contribution in [2.45, 2.75) is 58.0 Å². The summed E-state index contributed by atoms with van der Waals surface area (Å²) in [5.41, 5.74) is 9.74. The van der Waals surface area contributed by atoms with E-state index in [4.69, 9.17) is 5.73 Å². The topological polar surface area (TPSA) is 53.3 Å². The molecular formula is C24H35F3N4. The quantitative estimate of drug-likeness (QED) is 0.528. The predicted molar refractivity (Wildman–Crippen MR) is 120 cm³/mol. The molecule has 0 saturated carbocycles. The lowest BCUT2D eigenvalue weighted by molar-refractivity contribution is -0.0890. The average Bonchev–Trinajstić information content (AvgIpc) is 3.02. The third kappa shape index (κ3) is 5.51. The van der Waals surface area contributed by atoms with Crippen molar-refractivity contribution in [1.29, 1.82) is 0 Å². The van der Waals surface area contributed by atoms with Gasteiger partial charge < -0.3 is 16.0 Å². The number of nitrogens with zero attached hydrogens (tertiary/aromatic N) is 1. The van der Waals surface area contributed by atoms with Gasteiger partial charge >= 0.3 is 6.18 Å². The van der Waals surface area contributed by atoms with Gasteiger partial charge in [-0.05, 0) is 50.3 Å². The van der Waals surface area contributed by atoms with Crippen molar-refractivity contribution >= 4 is 0 Å². The zero-order valence-electron chi connectivity index (χ0n) is 18.8. The lowest BCUT2D eigenvalue weighted by Crippen LogP contribution is -2.56. The largest absolute Gasteiger partial charge is 0.416 e. The van der Waals surface area contributed by atoms with Crippen molar-refractivity contribution in [2.24, 2.45) is 17.6 Å². The van der Waals surface area contributed by atoms with Gasteiger partial charge in [0.05, 0.1) is 11.7 Å². The Balaban J connectivity index is 1.73. The number of halogens is 3. The lowest BCUT2D eigenvalue weighted by Gasteiger charge is -2.35. The first-order valence-electron chi connectivity index (χ1n) is 11.1. The standard InChI is InChI=1S/C24H35F3N4/c1-5-29-23(30-16(3)17-8-6-10-19(12-17)24(25,26)27)21-13-20(15(2)22(21)28)18-9-7-11-31(4)14-18/h6-7,9-10,12,14,16-17,21-23,29-30H,5,8,11,13,28H2,1-4H3. The molecule has 0 amide bonds. The summed E-state index contributed by atoms with van der Waals surface area (Å²) in [6, 6.07) is -0.226. The fraction of sp³-hybridized carbons (Fsp3) is 0.583. The van der Waals surface area contributed by atoms with E-state index in [1.54, 1.807) is 6.08 Å². The van der Waals surface area contributed by atoms with Gasteiger partial charge in [-0.15, -0.1) is 0 Å². The van der Waals surface area contributed by atoms with Gasteiger partial charge in [-0.3, -0.25) is 5.32 Å². The molecule has 172 valence electrons. The number of nitrogens with two attached hydrogens (primary N) is 1. The van der Waals surface area contributed by atoms with E-state index in [0.717, 1.165) is 19.5 Å². The Morgan fingerprint density at radius 2 is 2.00 bits per heavy atom. The smallest absolute Gasteiger partial charge is 0.376 e. The minimum absolute atomic E-state index is 0.0815. The highest BCUT2D eigenvalue weighted by Crippen LogP contribution is 2.38. The molecule has 5 unspecified atom stereocenters. The molecule has 0 aromatic rings. The number of hydrogen-bond donors (Lipinski definition) is 3. The van der Waals surface area contributed by atoms with Crippen molar-refractivity contribution in [3.63, 3.8) is 0 Å². The molecule has 1 heterocycles. The fourth-order valence-corrected chi connectivity index (χ4v) is 4.78. The summed E-state index contributed by atoms with van der Waals surface area (Å²) >= 11 is 0. The average molecular weight is 437 g/mol. The van der Waals surface area contributed by atoms with Gasteiger partial charge in [0.1, 0.15) is 0 Å². The second-order valence-corrected chi connectivity index (χ2v) is 8.89. The van der Waals surface area contributed by atoms with Crippen molar-refractivity contribution in [3.05, 3.63) is 58.9 Å². The molecule has 0 aromatic carbocycles. The normalized spacial score (nSPS) is 28.6. The Morgan fingerprint density at radius 3 is 2.65 bits per heavy atom. The maximum Gasteiger partial charge on any atom is 0.416 e. The molecule has 4 nitrogen and oxygen atoms in total. The van der Waals surface area contributed by atoms with E-state index in [1.165, 1.54) is 28.9 Å². The Hall–Kier alpha value is -1.83. The summed E-state index contributed by atoms with van der Waals surface area (Å²) in [5, 5.41) is 7.07. The van der Waals surface area contributed by atoms with Crippen LogP contribution in [0.25, 0.3) is 0 Å². The number of hydrogen-bond acceptors (Lipinski definition) is 4. The first-order valence-corrected chi connectivity index (χ1v) is 11.1. The highest BCUT2D eigenvalue weighted by atomic mass is 19.4. The number of nitrogens with one attached hydrogen (secondary N) is 2. The van der Waals surface area contributed by atoms with Crippen molar-refractivity contribution < 1.29 is 13.2 Å². The van der Waals surface area contributed by atoms with Crippen LogP contribution < -0.4 is 16.4 Å². The van der Waals surface area contributed by atoms with Crippen LogP contribution in [0.3, 0.4) is 0 Å². The van der Waals surface area contributed by atoms with Gasteiger partial charge in [-0.1, -0.05) is 42.9 Å².